The summed E-state index contributed by atoms with van der Waals surface area (Å²) in [5.41, 5.74) is 0.889. The Kier molecular flexibility index (Phi) is 6.55. The first-order valence-electron chi connectivity index (χ1n) is 2.84. The van der Waals surface area contributed by atoms with Gasteiger partial charge < -0.3 is 5.11 Å². The van der Waals surface area contributed by atoms with E-state index in [0.29, 0.717) is 0 Å². The fourth-order valence-electron chi connectivity index (χ4n) is 0.591. The number of benzene rings is 1. The van der Waals surface area contributed by atoms with Crippen molar-refractivity contribution in [2.24, 2.45) is 0 Å². The van der Waals surface area contributed by atoms with Gasteiger partial charge in [-0.2, -0.15) is 0 Å². The summed E-state index contributed by atoms with van der Waals surface area (Å²) in [6.07, 6.45) is 2.59. The van der Waals surface area contributed by atoms with Gasteiger partial charge in [-0.3, -0.25) is 0 Å². The van der Waals surface area contributed by atoms with Crippen molar-refractivity contribution in [3.05, 3.63) is 42.2 Å². The van der Waals surface area contributed by atoms with Crippen LogP contribution in [0.2, 0.25) is 0 Å². The molecule has 2 nitrogen and oxygen atoms in total. The summed E-state index contributed by atoms with van der Waals surface area (Å²) in [6.45, 7) is 0. The summed E-state index contributed by atoms with van der Waals surface area (Å²) in [5, 5.41) is 8.32. The molecular formula is C8H7NiO2-. The average molecular weight is 194 g/mol. The third-order valence-electron chi connectivity index (χ3n) is 0.987. The molecule has 1 N–H and O–H groups in total. The third kappa shape index (κ3) is 4.46. The summed E-state index contributed by atoms with van der Waals surface area (Å²) in [7, 11) is 0. The molecule has 0 bridgehead atoms. The van der Waals surface area contributed by atoms with Crippen LogP contribution in [0.4, 0.5) is 0 Å². The molecule has 0 saturated carbocycles. The van der Waals surface area contributed by atoms with Crippen LogP contribution < -0.4 is 0 Å². The van der Waals surface area contributed by atoms with Gasteiger partial charge in [-0.1, -0.05) is 0 Å². The summed E-state index contributed by atoms with van der Waals surface area (Å²) in [4.78, 5) is 0. The summed E-state index contributed by atoms with van der Waals surface area (Å²) in [6, 6.07) is 10.4. The molecule has 1 aromatic rings. The Morgan fingerprint density at radius 3 is 2.64 bits per heavy atom. The standard InChI is InChI=1S/C8H7O.Ni.O/c9-7-6-8-4-2-1-3-5-8;;/h1-4,6-7,9H;;/q-1;;/b7-6-;;. The summed E-state index contributed by atoms with van der Waals surface area (Å²) in [5.74, 6) is 0. The Bertz CT molecular complexity index is 209. The van der Waals surface area contributed by atoms with Crippen molar-refractivity contribution >= 4 is 6.08 Å². The zero-order valence-electron chi connectivity index (χ0n) is 5.64. The van der Waals surface area contributed by atoms with E-state index >= 15 is 0 Å². The van der Waals surface area contributed by atoms with Crippen LogP contribution in [0.5, 0.6) is 0 Å². The third-order valence-corrected chi connectivity index (χ3v) is 0.987. The molecule has 0 aliphatic rings. The van der Waals surface area contributed by atoms with E-state index < -0.39 is 0 Å². The molecule has 0 saturated heterocycles. The van der Waals surface area contributed by atoms with Crippen molar-refractivity contribution < 1.29 is 24.4 Å². The van der Waals surface area contributed by atoms with Gasteiger partial charge in [0.2, 0.25) is 0 Å². The van der Waals surface area contributed by atoms with Crippen LogP contribution in [-0.4, -0.2) is 5.11 Å². The monoisotopic (exact) mass is 193 g/mol. The van der Waals surface area contributed by atoms with Crippen molar-refractivity contribution in [3.8, 4) is 0 Å². The number of rotatable bonds is 1. The van der Waals surface area contributed by atoms with Crippen LogP contribution in [0.25, 0.3) is 6.08 Å². The predicted molar refractivity (Wildman–Crippen MR) is 37.6 cm³/mol. The van der Waals surface area contributed by atoms with E-state index in [9.17, 15) is 0 Å². The van der Waals surface area contributed by atoms with Crippen molar-refractivity contribution in [1.82, 2.24) is 0 Å². The van der Waals surface area contributed by atoms with Gasteiger partial charge in [-0.05, 0) is 0 Å². The normalized spacial score (nSPS) is 8.91. The molecule has 0 atom stereocenters. The van der Waals surface area contributed by atoms with Gasteiger partial charge in [0.1, 0.15) is 0 Å². The zero-order chi connectivity index (χ0) is 8.53. The second kappa shape index (κ2) is 7.16. The maximum atomic E-state index is 8.32. The molecular weight excluding hydrogens is 187 g/mol. The quantitative estimate of drug-likeness (QED) is 0.421. The second-order valence-electron chi connectivity index (χ2n) is 1.63. The van der Waals surface area contributed by atoms with E-state index in [0.717, 1.165) is 11.8 Å². The van der Waals surface area contributed by atoms with Crippen molar-refractivity contribution in [2.75, 3.05) is 0 Å². The van der Waals surface area contributed by atoms with E-state index in [1.54, 1.807) is 12.1 Å². The first-order chi connectivity index (χ1) is 5.43. The van der Waals surface area contributed by atoms with E-state index in [1.165, 1.54) is 0 Å². The minimum atomic E-state index is 0.889. The van der Waals surface area contributed by atoms with Gasteiger partial charge in [0.05, 0.1) is 0 Å². The molecule has 0 aliphatic carbocycles. The first-order valence-corrected chi connectivity index (χ1v) is 3.24. The molecule has 0 heterocycles. The van der Waals surface area contributed by atoms with Crippen LogP contribution in [0.1, 0.15) is 5.56 Å². The second-order valence-corrected chi connectivity index (χ2v) is 1.63. The fourth-order valence-corrected chi connectivity index (χ4v) is 0.591. The minimum absolute atomic E-state index is 0.889. The number of aliphatic hydroxyl groups excluding tert-OH is 1. The summed E-state index contributed by atoms with van der Waals surface area (Å²) >= 11 is 2.62. The van der Waals surface area contributed by atoms with Crippen LogP contribution in [0.15, 0.2) is 30.5 Å². The molecule has 0 amide bonds. The molecule has 1 rings (SSSR count). The fraction of sp³-hybridized carbons (Fsp3) is 0. The number of aliphatic hydroxyl groups is 1. The number of hydrogen-bond donors (Lipinski definition) is 1. The van der Waals surface area contributed by atoms with Crippen molar-refractivity contribution in [1.29, 1.82) is 0 Å². The molecule has 0 fully saturated rings. The molecule has 0 aliphatic heterocycles. The topological polar surface area (TPSA) is 37.3 Å². The maximum absolute atomic E-state index is 8.32. The Morgan fingerprint density at radius 2 is 2.18 bits per heavy atom. The van der Waals surface area contributed by atoms with Crippen molar-refractivity contribution in [3.63, 3.8) is 0 Å². The van der Waals surface area contributed by atoms with Gasteiger partial charge in [0, 0.05) is 6.26 Å². The molecule has 0 radical (unpaired) electrons. The molecule has 0 aromatic heterocycles. The van der Waals surface area contributed by atoms with Crippen molar-refractivity contribution in [2.45, 2.75) is 0 Å². The van der Waals surface area contributed by atoms with Crippen LogP contribution >= 0.6 is 0 Å². The molecule has 62 valence electrons. The average Bonchev–Trinajstić information content (AvgIpc) is 2.11. The summed E-state index contributed by atoms with van der Waals surface area (Å²) < 4.78 is 7.88. The van der Waals surface area contributed by atoms with Gasteiger partial charge in [0.15, 0.2) is 0 Å². The van der Waals surface area contributed by atoms with Crippen LogP contribution in [0, 0.1) is 6.07 Å². The molecule has 1 aromatic carbocycles. The molecule has 0 unspecified atom stereocenters. The Balaban J connectivity index is 0.000000461. The number of hydrogen-bond acceptors (Lipinski definition) is 2. The van der Waals surface area contributed by atoms with Gasteiger partial charge in [0.25, 0.3) is 0 Å². The molecule has 3 heteroatoms. The SMILES string of the molecule is O/C=C\c1[c-]cccc1.[O]=[Ni]. The molecule has 11 heavy (non-hydrogen) atoms. The van der Waals surface area contributed by atoms with Gasteiger partial charge in [-0.25, -0.2) is 0 Å². The van der Waals surface area contributed by atoms with E-state index in [4.69, 9.17) is 9.00 Å². The zero-order valence-corrected chi connectivity index (χ0v) is 6.62. The molecule has 0 spiro atoms. The van der Waals surface area contributed by atoms with E-state index in [2.05, 4.69) is 21.5 Å². The van der Waals surface area contributed by atoms with Gasteiger partial charge in [-0.15, -0.1) is 42.0 Å². The van der Waals surface area contributed by atoms with Crippen LogP contribution in [-0.2, 0) is 19.3 Å². The Labute approximate surface area is 73.1 Å². The first kappa shape index (κ1) is 10.1. The predicted octanol–water partition coefficient (Wildman–Crippen LogP) is 1.89. The van der Waals surface area contributed by atoms with Gasteiger partial charge >= 0.3 is 19.3 Å². The van der Waals surface area contributed by atoms with E-state index in [-0.39, 0.29) is 0 Å². The Hall–Kier alpha value is -0.946. The Morgan fingerprint density at radius 1 is 1.45 bits per heavy atom. The van der Waals surface area contributed by atoms with Crippen LogP contribution in [0.3, 0.4) is 0 Å². The van der Waals surface area contributed by atoms with E-state index in [1.807, 2.05) is 18.2 Å².